The molecular weight excluding hydrogens is 563 g/mol. The molecule has 4 rings (SSSR count). The van der Waals surface area contributed by atoms with Crippen LogP contribution in [-0.2, 0) is 8.10 Å². The van der Waals surface area contributed by atoms with Crippen molar-refractivity contribution in [2.75, 3.05) is 0 Å². The number of amides is 1. The zero-order valence-corrected chi connectivity index (χ0v) is 22.3. The van der Waals surface area contributed by atoms with Crippen molar-refractivity contribution in [3.63, 3.8) is 0 Å². The van der Waals surface area contributed by atoms with Gasteiger partial charge in [-0.05, 0) is 0 Å². The van der Waals surface area contributed by atoms with Crippen molar-refractivity contribution in [3.8, 4) is 0 Å². The SMILES string of the molecule is NC(=O)c1[nH]c2ccc(Br)cc2c1S(=O)(=O)[AsH]CCCC(c1ccccc1)c1ccccc1. The van der Waals surface area contributed by atoms with Gasteiger partial charge in [-0.3, -0.25) is 0 Å². The third-order valence-electron chi connectivity index (χ3n) is 5.59. The summed E-state index contributed by atoms with van der Waals surface area (Å²) in [6.07, 6.45) is 1.64. The fourth-order valence-electron chi connectivity index (χ4n) is 4.07. The molecule has 0 radical (unpaired) electrons. The second kappa shape index (κ2) is 10.3. The fourth-order valence-corrected chi connectivity index (χ4v) is 11.1. The number of carbonyl (C=O) groups excluding carboxylic acids is 1. The molecule has 1 amide bonds. The van der Waals surface area contributed by atoms with Crippen LogP contribution in [0.3, 0.4) is 0 Å². The summed E-state index contributed by atoms with van der Waals surface area (Å²) in [5, 5.41) is 1.12. The second-order valence-corrected chi connectivity index (χ2v) is 16.7. The Morgan fingerprint density at radius 2 is 1.58 bits per heavy atom. The summed E-state index contributed by atoms with van der Waals surface area (Å²) in [7, 11) is -3.59. The molecule has 3 aromatic carbocycles. The number of benzene rings is 3. The van der Waals surface area contributed by atoms with Gasteiger partial charge in [0.05, 0.1) is 0 Å². The monoisotopic (exact) mass is 586 g/mol. The van der Waals surface area contributed by atoms with Crippen LogP contribution in [0.15, 0.2) is 88.2 Å². The number of halogens is 1. The van der Waals surface area contributed by atoms with Crippen LogP contribution >= 0.6 is 15.9 Å². The Hall–Kier alpha value is -2.34. The van der Waals surface area contributed by atoms with Gasteiger partial charge in [-0.25, -0.2) is 0 Å². The van der Waals surface area contributed by atoms with E-state index in [4.69, 9.17) is 5.73 Å². The van der Waals surface area contributed by atoms with E-state index in [0.29, 0.717) is 16.1 Å². The Balaban J connectivity index is 1.53. The first-order chi connectivity index (χ1) is 15.9. The van der Waals surface area contributed by atoms with Crippen molar-refractivity contribution in [2.45, 2.75) is 28.9 Å². The maximum atomic E-state index is 13.3. The first kappa shape index (κ1) is 23.8. The molecule has 0 aliphatic carbocycles. The number of primary amides is 1. The van der Waals surface area contributed by atoms with Gasteiger partial charge >= 0.3 is 208 Å². The topological polar surface area (TPSA) is 93.0 Å². The van der Waals surface area contributed by atoms with Gasteiger partial charge in [-0.15, -0.1) is 0 Å². The molecule has 0 spiro atoms. The molecule has 0 fully saturated rings. The zero-order chi connectivity index (χ0) is 23.4. The quantitative estimate of drug-likeness (QED) is 0.209. The van der Waals surface area contributed by atoms with E-state index in [2.05, 4.69) is 45.2 Å². The number of hydrogen-bond donors (Lipinski definition) is 2. The molecular formula is C25H24AsBrN2O3S. The van der Waals surface area contributed by atoms with Gasteiger partial charge in [0, 0.05) is 0 Å². The third-order valence-corrected chi connectivity index (χ3v) is 13.3. The Kier molecular flexibility index (Phi) is 7.42. The van der Waals surface area contributed by atoms with Gasteiger partial charge in [0.1, 0.15) is 0 Å². The van der Waals surface area contributed by atoms with Crippen LogP contribution in [0.2, 0.25) is 5.21 Å². The Labute approximate surface area is 207 Å². The first-order valence-corrected chi connectivity index (χ1v) is 16.9. The molecule has 8 heteroatoms. The molecule has 1 atom stereocenters. The summed E-state index contributed by atoms with van der Waals surface area (Å²) in [4.78, 5) is 14.9. The van der Waals surface area contributed by atoms with Crippen LogP contribution < -0.4 is 5.73 Å². The van der Waals surface area contributed by atoms with Gasteiger partial charge in [-0.2, -0.15) is 0 Å². The van der Waals surface area contributed by atoms with E-state index < -0.39 is 28.6 Å². The minimum atomic E-state index is -3.59. The molecule has 1 heterocycles. The van der Waals surface area contributed by atoms with E-state index in [0.717, 1.165) is 17.3 Å². The summed E-state index contributed by atoms with van der Waals surface area (Å²) in [5.41, 5.74) is 8.51. The predicted octanol–water partition coefficient (Wildman–Crippen LogP) is 5.19. The molecule has 33 heavy (non-hydrogen) atoms. The molecule has 1 unspecified atom stereocenters. The number of aromatic nitrogens is 1. The summed E-state index contributed by atoms with van der Waals surface area (Å²) >= 11 is 1.98. The molecule has 1 aromatic heterocycles. The number of nitrogens with two attached hydrogens (primary N) is 1. The second-order valence-electron chi connectivity index (χ2n) is 7.80. The van der Waals surface area contributed by atoms with Crippen LogP contribution in [0, 0.1) is 0 Å². The number of rotatable bonds is 9. The Morgan fingerprint density at radius 3 is 2.15 bits per heavy atom. The van der Waals surface area contributed by atoms with Crippen molar-refractivity contribution >= 4 is 55.4 Å². The third kappa shape index (κ3) is 5.43. The molecule has 0 saturated heterocycles. The number of hydrogen-bond acceptors (Lipinski definition) is 3. The first-order valence-electron chi connectivity index (χ1n) is 10.6. The molecule has 0 saturated carbocycles. The molecule has 0 bridgehead atoms. The van der Waals surface area contributed by atoms with Crippen LogP contribution in [-0.4, -0.2) is 33.9 Å². The van der Waals surface area contributed by atoms with Crippen LogP contribution in [0.4, 0.5) is 0 Å². The standard InChI is InChI=1S/C25H24AsBrN2O3S/c27-19-13-14-22-21(16-19)24(23(29-22)25(28)30)33(31,32)26-15-7-12-20(17-8-3-1-4-9-17)18-10-5-2-6-11-18/h1-6,8-11,13-14,16,20,26,29H,7,12,15H2,(H2,28,30). The minimum absolute atomic E-state index is 0.0294. The van der Waals surface area contributed by atoms with Crippen molar-refractivity contribution in [1.82, 2.24) is 4.98 Å². The number of fused-ring (bicyclic) bond motifs is 1. The van der Waals surface area contributed by atoms with Crippen molar-refractivity contribution in [2.24, 2.45) is 5.73 Å². The van der Waals surface area contributed by atoms with Gasteiger partial charge < -0.3 is 0 Å². The molecule has 3 N–H and O–H groups in total. The average molecular weight is 587 g/mol. The average Bonchev–Trinajstić information content (AvgIpc) is 3.20. The molecule has 0 aliphatic rings. The zero-order valence-electron chi connectivity index (χ0n) is 17.8. The summed E-state index contributed by atoms with van der Waals surface area (Å²) < 4.78 is 27.4. The van der Waals surface area contributed by atoms with Crippen molar-refractivity contribution in [3.05, 3.63) is 100 Å². The number of carbonyl (C=O) groups is 1. The van der Waals surface area contributed by atoms with Gasteiger partial charge in [0.15, 0.2) is 0 Å². The van der Waals surface area contributed by atoms with E-state index >= 15 is 0 Å². The maximum absolute atomic E-state index is 13.3. The summed E-state index contributed by atoms with van der Waals surface area (Å²) in [5.74, 6) is -0.548. The van der Waals surface area contributed by atoms with E-state index in [9.17, 15) is 13.2 Å². The van der Waals surface area contributed by atoms with E-state index in [1.165, 1.54) is 11.1 Å². The number of H-pyrrole nitrogens is 1. The molecule has 170 valence electrons. The fraction of sp³-hybridized carbons (Fsp3) is 0.160. The molecule has 0 aliphatic heterocycles. The Bertz CT molecular complexity index is 1330. The Morgan fingerprint density at radius 1 is 0.970 bits per heavy atom. The predicted molar refractivity (Wildman–Crippen MR) is 138 cm³/mol. The van der Waals surface area contributed by atoms with E-state index in [1.807, 2.05) is 36.4 Å². The number of aromatic amines is 1. The van der Waals surface area contributed by atoms with Crippen LogP contribution in [0.25, 0.3) is 10.9 Å². The van der Waals surface area contributed by atoms with Crippen LogP contribution in [0.5, 0.6) is 0 Å². The van der Waals surface area contributed by atoms with Gasteiger partial charge in [0.2, 0.25) is 0 Å². The van der Waals surface area contributed by atoms with E-state index in [1.54, 1.807) is 18.2 Å². The normalized spacial score (nSPS) is 12.2. The van der Waals surface area contributed by atoms with Gasteiger partial charge in [0.25, 0.3) is 0 Å². The molecule has 4 aromatic rings. The number of nitrogens with one attached hydrogen (secondary N) is 1. The van der Waals surface area contributed by atoms with E-state index in [-0.39, 0.29) is 16.5 Å². The van der Waals surface area contributed by atoms with Gasteiger partial charge in [-0.1, -0.05) is 0 Å². The molecule has 5 nitrogen and oxygen atoms in total. The van der Waals surface area contributed by atoms with Crippen molar-refractivity contribution in [1.29, 1.82) is 0 Å². The summed E-state index contributed by atoms with van der Waals surface area (Å²) in [6, 6.07) is 25.9. The van der Waals surface area contributed by atoms with Crippen LogP contribution in [0.1, 0.15) is 40.4 Å². The van der Waals surface area contributed by atoms with Crippen molar-refractivity contribution < 1.29 is 13.2 Å². The summed E-state index contributed by atoms with van der Waals surface area (Å²) in [6.45, 7) is 0.